The second-order valence-electron chi connectivity index (χ2n) is 4.34. The topological polar surface area (TPSA) is 38.3 Å². The maximum absolute atomic E-state index is 11.7. The van der Waals surface area contributed by atoms with Gasteiger partial charge in [-0.05, 0) is 30.9 Å². The maximum atomic E-state index is 11.7. The van der Waals surface area contributed by atoms with Crippen LogP contribution in [0.5, 0.6) is 0 Å². The molecule has 1 aliphatic carbocycles. The Morgan fingerprint density at radius 3 is 2.75 bits per heavy atom. The lowest BCUT2D eigenvalue weighted by Crippen LogP contribution is -2.36. The number of carbonyl (C=O) groups excluding carboxylic acids is 1. The fourth-order valence-corrected chi connectivity index (χ4v) is 2.03. The van der Waals surface area contributed by atoms with Crippen LogP contribution in [0.3, 0.4) is 0 Å². The fraction of sp³-hybridized carbons (Fsp3) is 0.462. The van der Waals surface area contributed by atoms with E-state index in [0.717, 1.165) is 18.5 Å². The molecule has 0 radical (unpaired) electrons. The van der Waals surface area contributed by atoms with E-state index in [0.29, 0.717) is 12.3 Å². The van der Waals surface area contributed by atoms with Gasteiger partial charge in [0.25, 0.3) is 0 Å². The predicted octanol–water partition coefficient (Wildman–Crippen LogP) is 2.79. The molecule has 1 aromatic rings. The average Bonchev–Trinajstić information content (AvgIpc) is 2.30. The number of hydrogen-bond acceptors (Lipinski definition) is 3. The zero-order valence-electron chi connectivity index (χ0n) is 9.48. The molecule has 0 amide bonds. The molecule has 1 aromatic carbocycles. The lowest BCUT2D eigenvalue weighted by molar-refractivity contribution is -0.134. The summed E-state index contributed by atoms with van der Waals surface area (Å²) >= 11 is 0. The highest BCUT2D eigenvalue weighted by Crippen LogP contribution is 2.24. The normalized spacial score (nSPS) is 25.4. The summed E-state index contributed by atoms with van der Waals surface area (Å²) in [5.74, 6) is 0.514. The third-order valence-electron chi connectivity index (χ3n) is 2.99. The molecule has 0 unspecified atom stereocenters. The minimum atomic E-state index is -0.297. The summed E-state index contributed by atoms with van der Waals surface area (Å²) in [5, 5.41) is 0. The molecule has 1 N–H and O–H groups in total. The highest BCUT2D eigenvalue weighted by molar-refractivity contribution is 5.84. The van der Waals surface area contributed by atoms with Crippen molar-refractivity contribution < 1.29 is 9.63 Å². The number of Topliss-reactive ketones (excluding diaryl/α,β-unsaturated/α-hetero) is 1. The first-order chi connectivity index (χ1) is 7.77. The van der Waals surface area contributed by atoms with E-state index < -0.39 is 0 Å². The molecular weight excluding hydrogens is 202 g/mol. The Morgan fingerprint density at radius 1 is 1.31 bits per heavy atom. The summed E-state index contributed by atoms with van der Waals surface area (Å²) in [5.41, 5.74) is 3.74. The van der Waals surface area contributed by atoms with Crippen LogP contribution in [0.15, 0.2) is 30.3 Å². The van der Waals surface area contributed by atoms with E-state index in [4.69, 9.17) is 4.84 Å². The maximum Gasteiger partial charge on any atom is 0.164 e. The highest BCUT2D eigenvalue weighted by Gasteiger charge is 2.30. The van der Waals surface area contributed by atoms with Gasteiger partial charge in [0.1, 0.15) is 6.10 Å². The SMILES string of the molecule is C[C@H]1CCCC(=O)[C@@H]1ONc1ccccc1. The van der Waals surface area contributed by atoms with Crippen molar-refractivity contribution in [3.8, 4) is 0 Å². The van der Waals surface area contributed by atoms with Gasteiger partial charge in [-0.1, -0.05) is 25.1 Å². The molecule has 2 atom stereocenters. The molecule has 1 aliphatic rings. The van der Waals surface area contributed by atoms with Crippen molar-refractivity contribution in [3.05, 3.63) is 30.3 Å². The molecule has 0 aromatic heterocycles. The van der Waals surface area contributed by atoms with Crippen molar-refractivity contribution >= 4 is 11.5 Å². The fourth-order valence-electron chi connectivity index (χ4n) is 2.03. The highest BCUT2D eigenvalue weighted by atomic mass is 16.7. The van der Waals surface area contributed by atoms with Crippen LogP contribution in [0, 0.1) is 5.92 Å². The summed E-state index contributed by atoms with van der Waals surface area (Å²) in [6, 6.07) is 9.63. The second kappa shape index (κ2) is 5.12. The monoisotopic (exact) mass is 219 g/mol. The Labute approximate surface area is 95.8 Å². The number of hydrogen-bond donors (Lipinski definition) is 1. The van der Waals surface area contributed by atoms with Gasteiger partial charge in [0, 0.05) is 6.42 Å². The molecule has 1 saturated carbocycles. The van der Waals surface area contributed by atoms with Crippen molar-refractivity contribution in [1.82, 2.24) is 0 Å². The van der Waals surface area contributed by atoms with Gasteiger partial charge in [0.15, 0.2) is 5.78 Å². The Balaban J connectivity index is 1.91. The molecule has 86 valence electrons. The molecule has 1 fully saturated rings. The van der Waals surface area contributed by atoms with Gasteiger partial charge in [-0.15, -0.1) is 0 Å². The number of ketones is 1. The molecular formula is C13H17NO2. The minimum Gasteiger partial charge on any atom is -0.297 e. The number of para-hydroxylation sites is 1. The number of nitrogens with one attached hydrogen (secondary N) is 1. The van der Waals surface area contributed by atoms with Gasteiger partial charge in [0.05, 0.1) is 5.69 Å². The van der Waals surface area contributed by atoms with Crippen molar-refractivity contribution in [3.63, 3.8) is 0 Å². The number of rotatable bonds is 3. The predicted molar refractivity (Wildman–Crippen MR) is 63.0 cm³/mol. The van der Waals surface area contributed by atoms with Crippen molar-refractivity contribution in [2.24, 2.45) is 5.92 Å². The van der Waals surface area contributed by atoms with Crippen LogP contribution in [0.2, 0.25) is 0 Å². The zero-order chi connectivity index (χ0) is 11.4. The summed E-state index contributed by atoms with van der Waals surface area (Å²) in [4.78, 5) is 17.2. The summed E-state index contributed by atoms with van der Waals surface area (Å²) in [7, 11) is 0. The molecule has 16 heavy (non-hydrogen) atoms. The van der Waals surface area contributed by atoms with Gasteiger partial charge in [-0.2, -0.15) is 0 Å². The standard InChI is InChI=1S/C13H17NO2/c1-10-6-5-9-12(15)13(10)16-14-11-7-3-2-4-8-11/h2-4,7-8,10,13-14H,5-6,9H2,1H3/t10-,13+/m0/s1. The zero-order valence-corrected chi connectivity index (χ0v) is 9.48. The van der Waals surface area contributed by atoms with Crippen LogP contribution in [0.1, 0.15) is 26.2 Å². The van der Waals surface area contributed by atoms with E-state index in [1.165, 1.54) is 0 Å². The Bertz CT molecular complexity index is 350. The lowest BCUT2D eigenvalue weighted by Gasteiger charge is -2.27. The van der Waals surface area contributed by atoms with Crippen LogP contribution < -0.4 is 5.48 Å². The number of carbonyl (C=O) groups is 1. The Kier molecular flexibility index (Phi) is 3.57. The van der Waals surface area contributed by atoms with E-state index in [1.807, 2.05) is 30.3 Å². The van der Waals surface area contributed by atoms with E-state index in [1.54, 1.807) is 0 Å². The van der Waals surface area contributed by atoms with Crippen LogP contribution in [-0.4, -0.2) is 11.9 Å². The number of anilines is 1. The van der Waals surface area contributed by atoms with Crippen LogP contribution >= 0.6 is 0 Å². The molecule has 0 aliphatic heterocycles. The number of benzene rings is 1. The quantitative estimate of drug-likeness (QED) is 0.794. The van der Waals surface area contributed by atoms with E-state index in [9.17, 15) is 4.79 Å². The first-order valence-corrected chi connectivity index (χ1v) is 5.77. The van der Waals surface area contributed by atoms with Gasteiger partial charge in [0.2, 0.25) is 0 Å². The van der Waals surface area contributed by atoms with Crippen molar-refractivity contribution in [1.29, 1.82) is 0 Å². The lowest BCUT2D eigenvalue weighted by atomic mass is 9.87. The van der Waals surface area contributed by atoms with E-state index >= 15 is 0 Å². The first-order valence-electron chi connectivity index (χ1n) is 5.77. The van der Waals surface area contributed by atoms with Crippen molar-refractivity contribution in [2.75, 3.05) is 5.48 Å². The van der Waals surface area contributed by atoms with Gasteiger partial charge in [-0.25, -0.2) is 0 Å². The third-order valence-corrected chi connectivity index (χ3v) is 2.99. The Morgan fingerprint density at radius 2 is 2.06 bits per heavy atom. The van der Waals surface area contributed by atoms with Crippen molar-refractivity contribution in [2.45, 2.75) is 32.3 Å². The third kappa shape index (κ3) is 2.61. The molecule has 0 saturated heterocycles. The molecule has 0 bridgehead atoms. The largest absolute Gasteiger partial charge is 0.297 e. The molecule has 3 heteroatoms. The average molecular weight is 219 g/mol. The molecule has 2 rings (SSSR count). The molecule has 3 nitrogen and oxygen atoms in total. The van der Waals surface area contributed by atoms with Gasteiger partial charge >= 0.3 is 0 Å². The van der Waals surface area contributed by atoms with Gasteiger partial charge < -0.3 is 0 Å². The smallest absolute Gasteiger partial charge is 0.164 e. The minimum absolute atomic E-state index is 0.210. The van der Waals surface area contributed by atoms with Crippen LogP contribution in [0.25, 0.3) is 0 Å². The summed E-state index contributed by atoms with van der Waals surface area (Å²) in [6.45, 7) is 2.06. The summed E-state index contributed by atoms with van der Waals surface area (Å²) in [6.07, 6.45) is 2.40. The first kappa shape index (κ1) is 11.1. The molecule has 0 spiro atoms. The van der Waals surface area contributed by atoms with Crippen LogP contribution in [0.4, 0.5) is 5.69 Å². The van der Waals surface area contributed by atoms with Crippen LogP contribution in [-0.2, 0) is 9.63 Å². The summed E-state index contributed by atoms with van der Waals surface area (Å²) < 4.78 is 0. The molecule has 0 heterocycles. The van der Waals surface area contributed by atoms with E-state index in [2.05, 4.69) is 12.4 Å². The van der Waals surface area contributed by atoms with Gasteiger partial charge in [-0.3, -0.25) is 15.1 Å². The second-order valence-corrected chi connectivity index (χ2v) is 4.34. The van der Waals surface area contributed by atoms with E-state index in [-0.39, 0.29) is 11.9 Å². The Hall–Kier alpha value is -1.35.